The SMILES string of the molecule is NCNCN1C2C=CCC21. The molecule has 10 heavy (non-hydrogen) atoms. The number of nitrogens with zero attached hydrogens (tertiary/aromatic N) is 1. The maximum absolute atomic E-state index is 5.30. The second kappa shape index (κ2) is 2.34. The Morgan fingerprint density at radius 1 is 1.70 bits per heavy atom. The number of nitrogens with one attached hydrogen (secondary N) is 1. The Morgan fingerprint density at radius 3 is 3.20 bits per heavy atom. The van der Waals surface area contributed by atoms with E-state index in [0.29, 0.717) is 6.67 Å². The van der Waals surface area contributed by atoms with Gasteiger partial charge in [-0.2, -0.15) is 0 Å². The van der Waals surface area contributed by atoms with Gasteiger partial charge in [0.2, 0.25) is 0 Å². The van der Waals surface area contributed by atoms with Crippen LogP contribution >= 0.6 is 0 Å². The van der Waals surface area contributed by atoms with Crippen LogP contribution in [0.5, 0.6) is 0 Å². The molecule has 1 heterocycles. The first-order chi connectivity index (χ1) is 4.93. The van der Waals surface area contributed by atoms with E-state index in [0.717, 1.165) is 18.8 Å². The van der Waals surface area contributed by atoms with E-state index in [1.54, 1.807) is 0 Å². The molecule has 0 aromatic rings. The maximum atomic E-state index is 5.30. The molecule has 0 spiro atoms. The van der Waals surface area contributed by atoms with Crippen LogP contribution in [-0.4, -0.2) is 30.3 Å². The van der Waals surface area contributed by atoms with Crippen LogP contribution in [0.15, 0.2) is 12.2 Å². The summed E-state index contributed by atoms with van der Waals surface area (Å²) in [6.45, 7) is 1.54. The fraction of sp³-hybridized carbons (Fsp3) is 0.714. The zero-order valence-electron chi connectivity index (χ0n) is 5.96. The highest BCUT2D eigenvalue weighted by atomic mass is 15.4. The summed E-state index contributed by atoms with van der Waals surface area (Å²) in [7, 11) is 0. The van der Waals surface area contributed by atoms with Crippen molar-refractivity contribution in [2.24, 2.45) is 5.73 Å². The molecule has 1 fully saturated rings. The van der Waals surface area contributed by atoms with Crippen molar-refractivity contribution in [1.29, 1.82) is 0 Å². The minimum Gasteiger partial charge on any atom is -0.318 e. The van der Waals surface area contributed by atoms with E-state index in [1.807, 2.05) is 0 Å². The Balaban J connectivity index is 1.74. The van der Waals surface area contributed by atoms with Gasteiger partial charge >= 0.3 is 0 Å². The summed E-state index contributed by atoms with van der Waals surface area (Å²) in [5.41, 5.74) is 5.30. The Hall–Kier alpha value is -0.380. The van der Waals surface area contributed by atoms with Crippen molar-refractivity contribution in [3.8, 4) is 0 Å². The number of nitrogens with two attached hydrogens (primary N) is 1. The smallest absolute Gasteiger partial charge is 0.0500 e. The largest absolute Gasteiger partial charge is 0.318 e. The molecule has 3 nitrogen and oxygen atoms in total. The summed E-state index contributed by atoms with van der Waals surface area (Å²) in [6, 6.07) is 1.54. The van der Waals surface area contributed by atoms with Gasteiger partial charge < -0.3 is 5.73 Å². The van der Waals surface area contributed by atoms with Crippen LogP contribution in [-0.2, 0) is 0 Å². The Bertz CT molecular complexity index is 155. The fourth-order valence-electron chi connectivity index (χ4n) is 1.64. The molecule has 1 aliphatic heterocycles. The Labute approximate surface area is 60.9 Å². The molecular formula is C7H13N3. The standard InChI is InChI=1S/C7H13N3/c8-4-9-5-10-6-2-1-3-7(6)10/h1-2,6-7,9H,3-5,8H2. The van der Waals surface area contributed by atoms with E-state index in [-0.39, 0.29) is 0 Å². The van der Waals surface area contributed by atoms with Crippen LogP contribution in [0.4, 0.5) is 0 Å². The highest BCUT2D eigenvalue weighted by Crippen LogP contribution is 2.36. The molecule has 3 unspecified atom stereocenters. The predicted molar refractivity (Wildman–Crippen MR) is 40.2 cm³/mol. The number of rotatable bonds is 3. The van der Waals surface area contributed by atoms with Gasteiger partial charge in [-0.05, 0) is 6.42 Å². The molecule has 1 aliphatic carbocycles. The van der Waals surface area contributed by atoms with Crippen LogP contribution in [0.3, 0.4) is 0 Å². The normalized spacial score (nSPS) is 41.9. The molecule has 0 amide bonds. The zero-order valence-corrected chi connectivity index (χ0v) is 5.96. The van der Waals surface area contributed by atoms with Crippen molar-refractivity contribution in [3.05, 3.63) is 12.2 Å². The minimum absolute atomic E-state index is 0.583. The van der Waals surface area contributed by atoms with Gasteiger partial charge in [-0.25, -0.2) is 0 Å². The molecule has 0 aromatic carbocycles. The molecule has 0 radical (unpaired) electrons. The third-order valence-electron chi connectivity index (χ3n) is 2.26. The topological polar surface area (TPSA) is 41.1 Å². The van der Waals surface area contributed by atoms with Crippen molar-refractivity contribution in [2.75, 3.05) is 13.3 Å². The van der Waals surface area contributed by atoms with Crippen LogP contribution in [0.25, 0.3) is 0 Å². The third-order valence-corrected chi connectivity index (χ3v) is 2.26. The third kappa shape index (κ3) is 0.868. The molecule has 0 aromatic heterocycles. The molecule has 56 valence electrons. The first-order valence-corrected chi connectivity index (χ1v) is 3.76. The molecule has 3 N–H and O–H groups in total. The van der Waals surface area contributed by atoms with Gasteiger partial charge in [-0.1, -0.05) is 12.2 Å². The van der Waals surface area contributed by atoms with Gasteiger partial charge in [-0.15, -0.1) is 0 Å². The first kappa shape index (κ1) is 6.34. The van der Waals surface area contributed by atoms with Crippen molar-refractivity contribution in [2.45, 2.75) is 18.5 Å². The Kier molecular flexibility index (Phi) is 1.48. The van der Waals surface area contributed by atoms with E-state index in [1.165, 1.54) is 6.42 Å². The number of fused-ring (bicyclic) bond motifs is 1. The molecule has 3 atom stereocenters. The second-order valence-electron chi connectivity index (χ2n) is 2.85. The molecular weight excluding hydrogens is 126 g/mol. The molecule has 3 heteroatoms. The van der Waals surface area contributed by atoms with E-state index in [9.17, 15) is 0 Å². The molecule has 0 saturated carbocycles. The van der Waals surface area contributed by atoms with Gasteiger partial charge in [-0.3, -0.25) is 10.2 Å². The van der Waals surface area contributed by atoms with E-state index >= 15 is 0 Å². The van der Waals surface area contributed by atoms with Crippen LogP contribution in [0.1, 0.15) is 6.42 Å². The van der Waals surface area contributed by atoms with Crippen molar-refractivity contribution in [1.82, 2.24) is 10.2 Å². The lowest BCUT2D eigenvalue weighted by Crippen LogP contribution is -2.29. The van der Waals surface area contributed by atoms with Gasteiger partial charge in [0.15, 0.2) is 0 Å². The van der Waals surface area contributed by atoms with E-state index in [2.05, 4.69) is 22.4 Å². The van der Waals surface area contributed by atoms with Crippen LogP contribution < -0.4 is 11.1 Å². The molecule has 1 saturated heterocycles. The molecule has 2 aliphatic rings. The zero-order chi connectivity index (χ0) is 6.97. The highest BCUT2D eigenvalue weighted by Gasteiger charge is 2.46. The fourth-order valence-corrected chi connectivity index (χ4v) is 1.64. The predicted octanol–water partition coefficient (Wildman–Crippen LogP) is -0.538. The maximum Gasteiger partial charge on any atom is 0.0500 e. The van der Waals surface area contributed by atoms with Crippen LogP contribution in [0, 0.1) is 0 Å². The van der Waals surface area contributed by atoms with Crippen molar-refractivity contribution < 1.29 is 0 Å². The number of hydrogen-bond donors (Lipinski definition) is 2. The van der Waals surface area contributed by atoms with Crippen molar-refractivity contribution >= 4 is 0 Å². The second-order valence-corrected chi connectivity index (χ2v) is 2.85. The summed E-state index contributed by atoms with van der Waals surface area (Å²) in [6.07, 6.45) is 5.77. The molecule has 0 bridgehead atoms. The lowest BCUT2D eigenvalue weighted by molar-refractivity contribution is 0.436. The highest BCUT2D eigenvalue weighted by molar-refractivity contribution is 5.21. The average Bonchev–Trinajstić information content (AvgIpc) is 2.46. The van der Waals surface area contributed by atoms with Gasteiger partial charge in [0.1, 0.15) is 0 Å². The Morgan fingerprint density at radius 2 is 2.60 bits per heavy atom. The minimum atomic E-state index is 0.583. The van der Waals surface area contributed by atoms with Gasteiger partial charge in [0.25, 0.3) is 0 Å². The summed E-state index contributed by atoms with van der Waals surface area (Å²) >= 11 is 0. The molecule has 2 rings (SSSR count). The first-order valence-electron chi connectivity index (χ1n) is 3.76. The summed E-state index contributed by atoms with van der Waals surface area (Å²) in [5.74, 6) is 0. The lowest BCUT2D eigenvalue weighted by atomic mass is 10.4. The average molecular weight is 139 g/mol. The van der Waals surface area contributed by atoms with E-state index < -0.39 is 0 Å². The van der Waals surface area contributed by atoms with Gasteiger partial charge in [0.05, 0.1) is 0 Å². The summed E-state index contributed by atoms with van der Waals surface area (Å²) in [5, 5.41) is 3.11. The summed E-state index contributed by atoms with van der Waals surface area (Å²) < 4.78 is 0. The lowest BCUT2D eigenvalue weighted by Gasteiger charge is -2.03. The monoisotopic (exact) mass is 139 g/mol. The number of hydrogen-bond acceptors (Lipinski definition) is 3. The summed E-state index contributed by atoms with van der Waals surface area (Å²) in [4.78, 5) is 2.41. The van der Waals surface area contributed by atoms with Crippen LogP contribution in [0.2, 0.25) is 0 Å². The van der Waals surface area contributed by atoms with E-state index in [4.69, 9.17) is 5.73 Å². The van der Waals surface area contributed by atoms with Crippen molar-refractivity contribution in [3.63, 3.8) is 0 Å². The van der Waals surface area contributed by atoms with Gasteiger partial charge in [0, 0.05) is 25.4 Å². The quantitative estimate of drug-likeness (QED) is 0.313.